The zero-order valence-electron chi connectivity index (χ0n) is 11.9. The van der Waals surface area contributed by atoms with E-state index in [-0.39, 0.29) is 0 Å². The first-order valence-electron chi connectivity index (χ1n) is 6.88. The molecule has 0 saturated heterocycles. The average molecular weight is 292 g/mol. The zero-order valence-corrected chi connectivity index (χ0v) is 12.9. The normalized spacial score (nSPS) is 12.1. The SMILES string of the molecule is CCO[PH](OCC)(Oc1ccccc1)c1ccccc1. The van der Waals surface area contributed by atoms with E-state index in [1.54, 1.807) is 0 Å². The third-order valence-electron chi connectivity index (χ3n) is 2.79. The molecule has 2 aromatic carbocycles. The fraction of sp³-hybridized carbons (Fsp3) is 0.250. The van der Waals surface area contributed by atoms with Crippen LogP contribution in [-0.2, 0) is 9.05 Å². The van der Waals surface area contributed by atoms with Crippen molar-refractivity contribution in [2.24, 2.45) is 0 Å². The Bertz CT molecular complexity index is 496. The van der Waals surface area contributed by atoms with Crippen LogP contribution in [0.5, 0.6) is 5.75 Å². The van der Waals surface area contributed by atoms with E-state index in [1.165, 1.54) is 0 Å². The number of hydrogen-bond acceptors (Lipinski definition) is 3. The summed E-state index contributed by atoms with van der Waals surface area (Å²) in [6, 6.07) is 19.6. The Morgan fingerprint density at radius 1 is 0.750 bits per heavy atom. The summed E-state index contributed by atoms with van der Waals surface area (Å²) in [5, 5.41) is 0.979. The molecule has 0 unspecified atom stereocenters. The van der Waals surface area contributed by atoms with Crippen molar-refractivity contribution >= 4 is 13.2 Å². The van der Waals surface area contributed by atoms with Gasteiger partial charge in [0.15, 0.2) is 0 Å². The summed E-state index contributed by atoms with van der Waals surface area (Å²) in [5.41, 5.74) is 0. The molecular weight excluding hydrogens is 271 g/mol. The first-order chi connectivity index (χ1) is 9.80. The molecular formula is C16H21O3P. The Hall–Kier alpha value is -1.41. The van der Waals surface area contributed by atoms with Crippen molar-refractivity contribution in [1.29, 1.82) is 0 Å². The molecule has 0 radical (unpaired) electrons. The van der Waals surface area contributed by atoms with Crippen LogP contribution in [0.3, 0.4) is 0 Å². The molecule has 0 aliphatic carbocycles. The van der Waals surface area contributed by atoms with E-state index in [0.29, 0.717) is 13.2 Å². The summed E-state index contributed by atoms with van der Waals surface area (Å²) < 4.78 is 18.1. The van der Waals surface area contributed by atoms with E-state index < -0.39 is 7.94 Å². The van der Waals surface area contributed by atoms with Crippen molar-refractivity contribution in [2.45, 2.75) is 13.8 Å². The quantitative estimate of drug-likeness (QED) is 0.723. The molecule has 4 heteroatoms. The van der Waals surface area contributed by atoms with Gasteiger partial charge in [0.1, 0.15) is 0 Å². The second-order valence-corrected chi connectivity index (χ2v) is 6.67. The molecule has 0 aliphatic rings. The summed E-state index contributed by atoms with van der Waals surface area (Å²) in [6.45, 7) is 5.01. The third kappa shape index (κ3) is 3.57. The zero-order chi connectivity index (χ0) is 14.3. The van der Waals surface area contributed by atoms with E-state index in [4.69, 9.17) is 13.6 Å². The fourth-order valence-corrected chi connectivity index (χ4v) is 4.45. The summed E-state index contributed by atoms with van der Waals surface area (Å²) in [6.07, 6.45) is 0. The van der Waals surface area contributed by atoms with Crippen LogP contribution in [0.15, 0.2) is 60.7 Å². The Balaban J connectivity index is 2.36. The molecule has 20 heavy (non-hydrogen) atoms. The molecule has 0 N–H and O–H groups in total. The van der Waals surface area contributed by atoms with Crippen molar-refractivity contribution in [2.75, 3.05) is 13.2 Å². The third-order valence-corrected chi connectivity index (χ3v) is 5.67. The van der Waals surface area contributed by atoms with Gasteiger partial charge in [0.05, 0.1) is 0 Å². The topological polar surface area (TPSA) is 27.7 Å². The molecule has 0 aliphatic heterocycles. The second-order valence-electron chi connectivity index (χ2n) is 4.20. The van der Waals surface area contributed by atoms with Gasteiger partial charge < -0.3 is 0 Å². The van der Waals surface area contributed by atoms with Crippen LogP contribution in [0.4, 0.5) is 0 Å². The minimum atomic E-state index is -2.91. The van der Waals surface area contributed by atoms with E-state index >= 15 is 0 Å². The van der Waals surface area contributed by atoms with Crippen LogP contribution in [0, 0.1) is 0 Å². The van der Waals surface area contributed by atoms with Crippen LogP contribution in [0.1, 0.15) is 13.8 Å². The van der Waals surface area contributed by atoms with Crippen molar-refractivity contribution in [3.8, 4) is 5.75 Å². The molecule has 2 aromatic rings. The molecule has 2 rings (SSSR count). The molecule has 3 nitrogen and oxygen atoms in total. The maximum absolute atomic E-state index is 6.16. The molecule has 0 atom stereocenters. The Morgan fingerprint density at radius 2 is 1.25 bits per heavy atom. The number of para-hydroxylation sites is 1. The van der Waals surface area contributed by atoms with Gasteiger partial charge >= 0.3 is 120 Å². The number of hydrogen-bond donors (Lipinski definition) is 0. The van der Waals surface area contributed by atoms with Crippen molar-refractivity contribution in [3.63, 3.8) is 0 Å². The molecule has 0 bridgehead atoms. The predicted octanol–water partition coefficient (Wildman–Crippen LogP) is 3.96. The van der Waals surface area contributed by atoms with Gasteiger partial charge in [-0.05, 0) is 0 Å². The number of rotatable bonds is 7. The summed E-state index contributed by atoms with van der Waals surface area (Å²) in [4.78, 5) is 0. The molecule has 0 amide bonds. The molecule has 0 aromatic heterocycles. The van der Waals surface area contributed by atoms with Gasteiger partial charge in [0.25, 0.3) is 0 Å². The average Bonchev–Trinajstić information content (AvgIpc) is 2.49. The van der Waals surface area contributed by atoms with Crippen LogP contribution in [-0.4, -0.2) is 13.2 Å². The van der Waals surface area contributed by atoms with E-state index in [9.17, 15) is 0 Å². The fourth-order valence-electron chi connectivity index (χ4n) is 1.99. The maximum atomic E-state index is 6.16. The predicted molar refractivity (Wildman–Crippen MR) is 84.7 cm³/mol. The summed E-state index contributed by atoms with van der Waals surface area (Å²) >= 11 is 0. The van der Waals surface area contributed by atoms with Gasteiger partial charge in [0.2, 0.25) is 0 Å². The van der Waals surface area contributed by atoms with Crippen LogP contribution in [0.2, 0.25) is 0 Å². The molecule has 0 spiro atoms. The van der Waals surface area contributed by atoms with Crippen molar-refractivity contribution < 1.29 is 13.6 Å². The second kappa shape index (κ2) is 7.39. The van der Waals surface area contributed by atoms with Crippen LogP contribution >= 0.6 is 7.94 Å². The molecule has 108 valence electrons. The van der Waals surface area contributed by atoms with Gasteiger partial charge in [-0.3, -0.25) is 0 Å². The van der Waals surface area contributed by atoms with Gasteiger partial charge in [-0.15, -0.1) is 0 Å². The van der Waals surface area contributed by atoms with E-state index in [1.807, 2.05) is 74.5 Å². The first-order valence-corrected chi connectivity index (χ1v) is 8.60. The van der Waals surface area contributed by atoms with Crippen LogP contribution < -0.4 is 9.83 Å². The number of benzene rings is 2. The van der Waals surface area contributed by atoms with E-state index in [0.717, 1.165) is 11.1 Å². The minimum absolute atomic E-state index is 0.550. The molecule has 0 heterocycles. The van der Waals surface area contributed by atoms with Gasteiger partial charge in [-0.25, -0.2) is 0 Å². The Labute approximate surface area is 121 Å². The first kappa shape index (κ1) is 15.0. The Kier molecular flexibility index (Phi) is 5.54. The van der Waals surface area contributed by atoms with Crippen molar-refractivity contribution in [3.05, 3.63) is 60.7 Å². The Morgan fingerprint density at radius 3 is 1.75 bits per heavy atom. The summed E-state index contributed by atoms with van der Waals surface area (Å²) in [5.74, 6) is 0.768. The molecule has 0 saturated carbocycles. The van der Waals surface area contributed by atoms with Crippen LogP contribution in [0.25, 0.3) is 0 Å². The summed E-state index contributed by atoms with van der Waals surface area (Å²) in [7, 11) is -2.91. The van der Waals surface area contributed by atoms with Gasteiger partial charge in [-0.1, -0.05) is 0 Å². The van der Waals surface area contributed by atoms with Crippen molar-refractivity contribution in [1.82, 2.24) is 0 Å². The van der Waals surface area contributed by atoms with Gasteiger partial charge in [0, 0.05) is 0 Å². The van der Waals surface area contributed by atoms with Gasteiger partial charge in [-0.2, -0.15) is 0 Å². The van der Waals surface area contributed by atoms with E-state index in [2.05, 4.69) is 0 Å². The molecule has 0 fully saturated rings. The standard InChI is InChI=1S/C16H21O3P/c1-3-17-20(18-4-2,16-13-9-6-10-14-16)19-15-11-7-5-8-12-15/h5-14,20H,3-4H2,1-2H3. The monoisotopic (exact) mass is 292 g/mol.